The van der Waals surface area contributed by atoms with Gasteiger partial charge in [-0.05, 0) is 48.2 Å². The van der Waals surface area contributed by atoms with Crippen molar-refractivity contribution in [1.82, 2.24) is 4.90 Å². The maximum absolute atomic E-state index is 12.9. The average molecular weight is 594 g/mol. The molecule has 0 aromatic heterocycles. The largest absolute Gasteiger partial charge is 0.493 e. The highest BCUT2D eigenvalue weighted by Gasteiger charge is 2.36. The van der Waals surface area contributed by atoms with Gasteiger partial charge in [0, 0.05) is 15.7 Å². The van der Waals surface area contributed by atoms with E-state index in [0.717, 1.165) is 4.90 Å². The number of hydrogen-bond acceptors (Lipinski definition) is 8. The van der Waals surface area contributed by atoms with Crippen molar-refractivity contribution in [1.29, 1.82) is 0 Å². The quantitative estimate of drug-likeness (QED) is 0.269. The highest BCUT2D eigenvalue weighted by Crippen LogP contribution is 2.39. The van der Waals surface area contributed by atoms with Crippen LogP contribution in [-0.2, 0) is 14.3 Å². The third kappa shape index (κ3) is 6.20. The van der Waals surface area contributed by atoms with Crippen LogP contribution in [0.5, 0.6) is 11.5 Å². The first-order valence-electron chi connectivity index (χ1n) is 10.0. The lowest BCUT2D eigenvalue weighted by atomic mass is 10.1. The number of thioether (sulfide) groups is 1. The number of benzene rings is 2. The summed E-state index contributed by atoms with van der Waals surface area (Å²) in [5, 5.41) is 2.05. The van der Waals surface area contributed by atoms with Crippen LogP contribution >= 0.6 is 39.3 Å². The number of methoxy groups -OCH3 is 2. The summed E-state index contributed by atoms with van der Waals surface area (Å²) < 4.78 is 16.2. The molecule has 1 aliphatic rings. The SMILES string of the molecule is C#CCOc1c(/C=C2/SC(=O)N(CC(=O)Nc3ccc(Cl)c(C(=O)OC)c3)C2=O)cc(Br)cc1OC. The molecule has 0 unspecified atom stereocenters. The smallest absolute Gasteiger partial charge is 0.339 e. The van der Waals surface area contributed by atoms with Crippen LogP contribution in [0.15, 0.2) is 39.7 Å². The zero-order valence-corrected chi connectivity index (χ0v) is 22.1. The second-order valence-corrected chi connectivity index (χ2v) is 9.34. The first kappa shape index (κ1) is 27.1. The van der Waals surface area contributed by atoms with E-state index in [4.69, 9.17) is 27.5 Å². The third-order valence-electron chi connectivity index (χ3n) is 4.69. The molecule has 0 aliphatic carbocycles. The lowest BCUT2D eigenvalue weighted by Crippen LogP contribution is -2.36. The van der Waals surface area contributed by atoms with Crippen molar-refractivity contribution in [2.45, 2.75) is 0 Å². The number of carbonyl (C=O) groups excluding carboxylic acids is 4. The summed E-state index contributed by atoms with van der Waals surface area (Å²) in [6, 6.07) is 7.56. The van der Waals surface area contributed by atoms with E-state index in [2.05, 4.69) is 31.9 Å². The van der Waals surface area contributed by atoms with Crippen molar-refractivity contribution in [3.8, 4) is 23.8 Å². The number of nitrogens with one attached hydrogen (secondary N) is 1. The molecule has 3 amide bonds. The van der Waals surface area contributed by atoms with Gasteiger partial charge in [0.2, 0.25) is 5.91 Å². The number of amides is 3. The maximum Gasteiger partial charge on any atom is 0.339 e. The molecule has 1 N–H and O–H groups in total. The molecule has 0 spiro atoms. The standard InChI is InChI=1S/C24H18BrClN2O7S/c1-4-7-35-21-13(8-14(25)10-18(21)33-2)9-19-22(30)28(24(32)36-19)12-20(29)27-15-5-6-17(26)16(11-15)23(31)34-3/h1,5-6,8-11H,7,12H2,2-3H3,(H,27,29)/b19-9+. The van der Waals surface area contributed by atoms with Crippen LogP contribution in [0.3, 0.4) is 0 Å². The van der Waals surface area contributed by atoms with Crippen molar-refractivity contribution >= 4 is 74.1 Å². The normalized spacial score (nSPS) is 14.0. The van der Waals surface area contributed by atoms with E-state index >= 15 is 0 Å². The summed E-state index contributed by atoms with van der Waals surface area (Å²) >= 11 is 10.0. The van der Waals surface area contributed by atoms with Crippen LogP contribution in [0.4, 0.5) is 10.5 Å². The molecule has 1 saturated heterocycles. The molecule has 3 rings (SSSR count). The van der Waals surface area contributed by atoms with Crippen molar-refractivity contribution in [3.05, 3.63) is 55.9 Å². The van der Waals surface area contributed by atoms with Gasteiger partial charge in [0.05, 0.1) is 29.7 Å². The number of imide groups is 1. The van der Waals surface area contributed by atoms with E-state index in [1.807, 2.05) is 0 Å². The van der Waals surface area contributed by atoms with Crippen LogP contribution in [0.2, 0.25) is 5.02 Å². The van der Waals surface area contributed by atoms with Gasteiger partial charge >= 0.3 is 5.97 Å². The van der Waals surface area contributed by atoms with Gasteiger partial charge in [0.15, 0.2) is 11.5 Å². The van der Waals surface area contributed by atoms with E-state index in [-0.39, 0.29) is 27.8 Å². The zero-order valence-electron chi connectivity index (χ0n) is 18.9. The Morgan fingerprint density at radius 1 is 1.25 bits per heavy atom. The summed E-state index contributed by atoms with van der Waals surface area (Å²) in [6.45, 7) is -0.580. The predicted molar refractivity (Wildman–Crippen MR) is 139 cm³/mol. The molecule has 1 heterocycles. The van der Waals surface area contributed by atoms with Crippen molar-refractivity contribution in [3.63, 3.8) is 0 Å². The molecule has 0 bridgehead atoms. The average Bonchev–Trinajstić information content (AvgIpc) is 3.10. The predicted octanol–water partition coefficient (Wildman–Crippen LogP) is 4.58. The second-order valence-electron chi connectivity index (χ2n) is 7.02. The third-order valence-corrected chi connectivity index (χ3v) is 6.38. The van der Waals surface area contributed by atoms with Gasteiger partial charge in [0.25, 0.3) is 11.1 Å². The van der Waals surface area contributed by atoms with Gasteiger partial charge in [-0.2, -0.15) is 0 Å². The van der Waals surface area contributed by atoms with E-state index in [9.17, 15) is 19.2 Å². The molecule has 1 aliphatic heterocycles. The molecular formula is C24H18BrClN2O7S. The van der Waals surface area contributed by atoms with Crippen LogP contribution < -0.4 is 14.8 Å². The van der Waals surface area contributed by atoms with E-state index in [1.165, 1.54) is 38.5 Å². The number of ether oxygens (including phenoxy) is 3. The Kier molecular flexibility index (Phi) is 9.03. The Morgan fingerprint density at radius 2 is 2.00 bits per heavy atom. The molecule has 0 atom stereocenters. The zero-order chi connectivity index (χ0) is 26.4. The minimum atomic E-state index is -0.679. The molecule has 2 aromatic rings. The van der Waals surface area contributed by atoms with Gasteiger partial charge < -0.3 is 19.5 Å². The Bertz CT molecular complexity index is 1320. The number of halogens is 2. The Labute approximate surface area is 224 Å². The summed E-state index contributed by atoms with van der Waals surface area (Å²) in [4.78, 5) is 50.7. The van der Waals surface area contributed by atoms with Crippen molar-refractivity contribution < 1.29 is 33.4 Å². The highest BCUT2D eigenvalue weighted by atomic mass is 79.9. The first-order valence-corrected chi connectivity index (χ1v) is 12.0. The van der Waals surface area contributed by atoms with Gasteiger partial charge in [-0.25, -0.2) is 4.79 Å². The molecule has 0 saturated carbocycles. The Hall–Kier alpha value is -3.46. The molecule has 2 aromatic carbocycles. The van der Waals surface area contributed by atoms with Crippen LogP contribution in [0.1, 0.15) is 15.9 Å². The fourth-order valence-corrected chi connectivity index (χ4v) is 4.59. The molecule has 0 radical (unpaired) electrons. The number of rotatable bonds is 8. The fourth-order valence-electron chi connectivity index (χ4n) is 3.11. The van der Waals surface area contributed by atoms with Gasteiger partial charge in [-0.15, -0.1) is 6.42 Å². The number of carbonyl (C=O) groups is 4. The van der Waals surface area contributed by atoms with Crippen molar-refractivity contribution in [2.24, 2.45) is 0 Å². The maximum atomic E-state index is 12.9. The lowest BCUT2D eigenvalue weighted by molar-refractivity contribution is -0.127. The summed E-state index contributed by atoms with van der Waals surface area (Å²) in [7, 11) is 2.65. The number of esters is 1. The van der Waals surface area contributed by atoms with E-state index in [1.54, 1.807) is 12.1 Å². The van der Waals surface area contributed by atoms with Gasteiger partial charge in [0.1, 0.15) is 13.2 Å². The summed E-state index contributed by atoms with van der Waals surface area (Å²) in [5.74, 6) is 1.04. The van der Waals surface area contributed by atoms with E-state index < -0.39 is 29.6 Å². The minimum absolute atomic E-state index is 0.0388. The summed E-state index contributed by atoms with van der Waals surface area (Å²) in [5.41, 5.74) is 0.741. The molecule has 9 nitrogen and oxygen atoms in total. The lowest BCUT2D eigenvalue weighted by Gasteiger charge is -2.14. The number of anilines is 1. The number of terminal acetylenes is 1. The highest BCUT2D eigenvalue weighted by molar-refractivity contribution is 9.10. The molecule has 12 heteroatoms. The molecule has 1 fully saturated rings. The number of nitrogens with zero attached hydrogens (tertiary/aromatic N) is 1. The summed E-state index contributed by atoms with van der Waals surface area (Å²) in [6.07, 6.45) is 6.75. The fraction of sp³-hybridized carbons (Fsp3) is 0.167. The van der Waals surface area contributed by atoms with Crippen LogP contribution in [0, 0.1) is 12.3 Å². The Balaban J connectivity index is 1.80. The molecular weight excluding hydrogens is 576 g/mol. The second kappa shape index (κ2) is 12.0. The topological polar surface area (TPSA) is 111 Å². The van der Waals surface area contributed by atoms with Crippen LogP contribution in [0.25, 0.3) is 6.08 Å². The molecule has 36 heavy (non-hydrogen) atoms. The van der Waals surface area contributed by atoms with E-state index in [0.29, 0.717) is 33.3 Å². The molecule has 186 valence electrons. The number of hydrogen-bond donors (Lipinski definition) is 1. The minimum Gasteiger partial charge on any atom is -0.493 e. The van der Waals surface area contributed by atoms with Gasteiger partial charge in [-0.1, -0.05) is 33.5 Å². The van der Waals surface area contributed by atoms with Gasteiger partial charge in [-0.3, -0.25) is 19.3 Å². The van der Waals surface area contributed by atoms with Crippen molar-refractivity contribution in [2.75, 3.05) is 32.7 Å². The Morgan fingerprint density at radius 3 is 2.67 bits per heavy atom. The monoisotopic (exact) mass is 592 g/mol. The van der Waals surface area contributed by atoms with Crippen LogP contribution in [-0.4, -0.2) is 55.3 Å². The first-order chi connectivity index (χ1) is 17.2.